The molecule has 0 aromatic carbocycles. The highest BCUT2D eigenvalue weighted by Gasteiger charge is 2.30. The van der Waals surface area contributed by atoms with Crippen molar-refractivity contribution < 1.29 is 4.79 Å². The molecule has 0 aliphatic carbocycles. The third-order valence-electron chi connectivity index (χ3n) is 4.48. The van der Waals surface area contributed by atoms with Gasteiger partial charge in [-0.1, -0.05) is 25.6 Å². The van der Waals surface area contributed by atoms with E-state index in [1.165, 1.54) is 5.69 Å². The van der Waals surface area contributed by atoms with Crippen molar-refractivity contribution in [2.24, 2.45) is 13.0 Å². The monoisotopic (exact) mass is 348 g/mol. The van der Waals surface area contributed by atoms with Crippen molar-refractivity contribution in [3.05, 3.63) is 11.3 Å². The largest absolute Gasteiger partial charge is 0.338 e. The van der Waals surface area contributed by atoms with Gasteiger partial charge in [-0.2, -0.15) is 5.10 Å². The molecular weight excluding hydrogens is 324 g/mol. The summed E-state index contributed by atoms with van der Waals surface area (Å²) in [6.07, 6.45) is 2.82. The van der Waals surface area contributed by atoms with Crippen LogP contribution in [-0.4, -0.2) is 48.2 Å². The highest BCUT2D eigenvalue weighted by Crippen LogP contribution is 2.30. The maximum absolute atomic E-state index is 12.4. The van der Waals surface area contributed by atoms with Crippen LogP contribution in [0.4, 0.5) is 0 Å². The molecule has 0 fully saturated rings. The molecule has 1 aliphatic rings. The van der Waals surface area contributed by atoms with E-state index in [0.717, 1.165) is 41.7 Å². The first kappa shape index (κ1) is 17.0. The van der Waals surface area contributed by atoms with Crippen LogP contribution >= 0.6 is 11.8 Å². The lowest BCUT2D eigenvalue weighted by Gasteiger charge is -2.29. The minimum absolute atomic E-state index is 0.00839. The van der Waals surface area contributed by atoms with Crippen LogP contribution in [0.1, 0.15) is 32.0 Å². The second kappa shape index (κ2) is 6.58. The average Bonchev–Trinajstić information content (AvgIpc) is 3.14. The van der Waals surface area contributed by atoms with Crippen LogP contribution in [0.25, 0.3) is 11.5 Å². The topological polar surface area (TPSA) is 68.8 Å². The summed E-state index contributed by atoms with van der Waals surface area (Å²) in [7, 11) is 1.96. The molecule has 3 rings (SSSR count). The molecule has 24 heavy (non-hydrogen) atoms. The second-order valence-electron chi connectivity index (χ2n) is 6.32. The van der Waals surface area contributed by atoms with Crippen molar-refractivity contribution in [1.82, 2.24) is 29.4 Å². The maximum Gasteiger partial charge on any atom is 0.225 e. The van der Waals surface area contributed by atoms with Gasteiger partial charge in [-0.25, -0.2) is 0 Å². The molecule has 2 aromatic heterocycles. The van der Waals surface area contributed by atoms with Gasteiger partial charge in [-0.15, -0.1) is 10.2 Å². The number of fused-ring (bicyclic) bond motifs is 1. The number of carbonyl (C=O) groups excluding carboxylic acids is 1. The zero-order valence-electron chi connectivity index (χ0n) is 14.9. The van der Waals surface area contributed by atoms with Gasteiger partial charge in [-0.3, -0.25) is 9.48 Å². The molecule has 0 N–H and O–H groups in total. The molecule has 1 amide bonds. The van der Waals surface area contributed by atoms with Gasteiger partial charge in [0.25, 0.3) is 0 Å². The smallest absolute Gasteiger partial charge is 0.225 e. The minimum Gasteiger partial charge on any atom is -0.338 e. The van der Waals surface area contributed by atoms with Gasteiger partial charge in [0.05, 0.1) is 0 Å². The third-order valence-corrected chi connectivity index (χ3v) is 5.14. The zero-order valence-corrected chi connectivity index (χ0v) is 15.7. The fourth-order valence-electron chi connectivity index (χ4n) is 3.23. The summed E-state index contributed by atoms with van der Waals surface area (Å²) in [5, 5.41) is 14.2. The number of amides is 1. The van der Waals surface area contributed by atoms with Gasteiger partial charge in [0, 0.05) is 50.3 Å². The van der Waals surface area contributed by atoms with Crippen molar-refractivity contribution in [3.63, 3.8) is 0 Å². The molecule has 2 aromatic rings. The number of aryl methyl sites for hydroxylation is 1. The average molecular weight is 348 g/mol. The Morgan fingerprint density at radius 2 is 2.08 bits per heavy atom. The van der Waals surface area contributed by atoms with Crippen molar-refractivity contribution in [1.29, 1.82) is 0 Å². The predicted molar refractivity (Wildman–Crippen MR) is 93.6 cm³/mol. The number of thioether (sulfide) groups is 1. The van der Waals surface area contributed by atoms with Crippen molar-refractivity contribution in [2.45, 2.75) is 45.4 Å². The molecule has 0 spiro atoms. The molecule has 130 valence electrons. The molecule has 3 heterocycles. The molecule has 0 radical (unpaired) electrons. The van der Waals surface area contributed by atoms with E-state index in [-0.39, 0.29) is 11.8 Å². The van der Waals surface area contributed by atoms with E-state index in [2.05, 4.69) is 21.7 Å². The van der Waals surface area contributed by atoms with Crippen LogP contribution in [0.5, 0.6) is 0 Å². The van der Waals surface area contributed by atoms with Gasteiger partial charge in [0.1, 0.15) is 5.69 Å². The Morgan fingerprint density at radius 3 is 2.71 bits per heavy atom. The highest BCUT2D eigenvalue weighted by atomic mass is 32.2. The van der Waals surface area contributed by atoms with E-state index in [4.69, 9.17) is 5.10 Å². The maximum atomic E-state index is 12.4. The normalized spacial score (nSPS) is 14.3. The Bertz CT molecular complexity index is 763. The van der Waals surface area contributed by atoms with Crippen LogP contribution in [0.15, 0.2) is 5.16 Å². The fourth-order valence-corrected chi connectivity index (χ4v) is 3.78. The Morgan fingerprint density at radius 1 is 1.33 bits per heavy atom. The van der Waals surface area contributed by atoms with Gasteiger partial charge < -0.3 is 9.47 Å². The van der Waals surface area contributed by atoms with E-state index in [9.17, 15) is 4.79 Å². The van der Waals surface area contributed by atoms with Crippen LogP contribution in [0.2, 0.25) is 0 Å². The third kappa shape index (κ3) is 2.72. The lowest BCUT2D eigenvalue weighted by atomic mass is 10.0. The Labute approximate surface area is 146 Å². The fraction of sp³-hybridized carbons (Fsp3) is 0.625. The number of carbonyl (C=O) groups is 1. The van der Waals surface area contributed by atoms with Gasteiger partial charge in [0.15, 0.2) is 11.0 Å². The molecular formula is C16H24N6OS. The summed E-state index contributed by atoms with van der Waals surface area (Å²) < 4.78 is 4.01. The lowest BCUT2D eigenvalue weighted by Crippen LogP contribution is -2.38. The van der Waals surface area contributed by atoms with E-state index < -0.39 is 0 Å². The van der Waals surface area contributed by atoms with Crippen LogP contribution in [-0.2, 0) is 31.4 Å². The molecule has 1 aliphatic heterocycles. The van der Waals surface area contributed by atoms with Crippen molar-refractivity contribution in [2.75, 3.05) is 12.8 Å². The molecule has 8 heteroatoms. The number of rotatable bonds is 4. The molecule has 0 bridgehead atoms. The van der Waals surface area contributed by atoms with Crippen LogP contribution < -0.4 is 0 Å². The number of nitrogens with zero attached hydrogens (tertiary/aromatic N) is 6. The summed E-state index contributed by atoms with van der Waals surface area (Å²) in [5.74, 6) is 0.990. The lowest BCUT2D eigenvalue weighted by molar-refractivity contribution is -0.135. The summed E-state index contributed by atoms with van der Waals surface area (Å²) in [6, 6.07) is 0. The Kier molecular flexibility index (Phi) is 4.67. The van der Waals surface area contributed by atoms with E-state index >= 15 is 0 Å². The number of hydrogen-bond donors (Lipinski definition) is 0. The predicted octanol–water partition coefficient (Wildman–Crippen LogP) is 1.96. The summed E-state index contributed by atoms with van der Waals surface area (Å²) in [5.41, 5.74) is 3.14. The van der Waals surface area contributed by atoms with Gasteiger partial charge in [-0.05, 0) is 13.2 Å². The zero-order chi connectivity index (χ0) is 17.4. The van der Waals surface area contributed by atoms with Crippen LogP contribution in [0.3, 0.4) is 0 Å². The second-order valence-corrected chi connectivity index (χ2v) is 7.09. The summed E-state index contributed by atoms with van der Waals surface area (Å²) >= 11 is 1.58. The molecule has 7 nitrogen and oxygen atoms in total. The van der Waals surface area contributed by atoms with Crippen LogP contribution in [0, 0.1) is 5.92 Å². The van der Waals surface area contributed by atoms with Crippen molar-refractivity contribution >= 4 is 17.7 Å². The highest BCUT2D eigenvalue weighted by molar-refractivity contribution is 7.98. The Balaban J connectivity index is 2.04. The van der Waals surface area contributed by atoms with E-state index in [1.807, 2.05) is 36.7 Å². The Hall–Kier alpha value is -1.83. The van der Waals surface area contributed by atoms with E-state index in [0.29, 0.717) is 6.54 Å². The molecule has 0 saturated heterocycles. The minimum atomic E-state index is 0.00839. The first-order valence-electron chi connectivity index (χ1n) is 8.29. The van der Waals surface area contributed by atoms with Gasteiger partial charge >= 0.3 is 0 Å². The summed E-state index contributed by atoms with van der Waals surface area (Å²) in [4.78, 5) is 14.3. The molecule has 0 atom stereocenters. The number of hydrogen-bond acceptors (Lipinski definition) is 5. The molecule has 0 unspecified atom stereocenters. The van der Waals surface area contributed by atoms with Crippen molar-refractivity contribution in [3.8, 4) is 11.5 Å². The van der Waals surface area contributed by atoms with Gasteiger partial charge in [0.2, 0.25) is 5.91 Å². The molecule has 0 saturated carbocycles. The SMILES string of the molecule is CCn1c(SC)nnc1-c1nn(C)c2c1CN(C(=O)C(C)C)CC2. The first-order valence-corrected chi connectivity index (χ1v) is 9.51. The first-order chi connectivity index (χ1) is 11.5. The standard InChI is InChI=1S/C16H24N6OS/c1-6-22-14(17-18-16(22)24-5)13-11-9-21(15(23)10(2)3)8-7-12(11)20(4)19-13/h10H,6-9H2,1-5H3. The van der Waals surface area contributed by atoms with E-state index in [1.54, 1.807) is 11.8 Å². The quantitative estimate of drug-likeness (QED) is 0.790. The summed E-state index contributed by atoms with van der Waals surface area (Å²) in [6.45, 7) is 8.11. The number of aromatic nitrogens is 5.